The lowest BCUT2D eigenvalue weighted by molar-refractivity contribution is -0.119. The maximum atomic E-state index is 10.4. The van der Waals surface area contributed by atoms with E-state index in [4.69, 9.17) is 11.6 Å². The highest BCUT2D eigenvalue weighted by atomic mass is 35.5. The number of carbonyl (C=O) groups excluding carboxylic acids is 1. The van der Waals surface area contributed by atoms with E-state index in [-0.39, 0.29) is 0 Å². The van der Waals surface area contributed by atoms with Gasteiger partial charge in [-0.3, -0.25) is 9.69 Å². The molecule has 1 aliphatic rings. The minimum atomic E-state index is 0.730. The number of hydrogen-bond donors (Lipinski definition) is 0. The second kappa shape index (κ2) is 5.38. The molecule has 1 aliphatic heterocycles. The highest BCUT2D eigenvalue weighted by Crippen LogP contribution is 2.00. The smallest absolute Gasteiger partial charge is 0.209 e. The van der Waals surface area contributed by atoms with Gasteiger partial charge < -0.3 is 4.90 Å². The van der Waals surface area contributed by atoms with Crippen LogP contribution in [0, 0.1) is 0 Å². The first-order chi connectivity index (χ1) is 5.86. The molecule has 0 aromatic heterocycles. The molecule has 0 saturated carbocycles. The molecule has 0 N–H and O–H groups in total. The molecule has 0 spiro atoms. The summed E-state index contributed by atoms with van der Waals surface area (Å²) in [5.41, 5.74) is 0. The van der Waals surface area contributed by atoms with Crippen molar-refractivity contribution < 1.29 is 4.79 Å². The number of halogens is 1. The molecule has 0 bridgehead atoms. The average molecular weight is 191 g/mol. The van der Waals surface area contributed by atoms with Gasteiger partial charge in [0.05, 0.1) is 0 Å². The summed E-state index contributed by atoms with van der Waals surface area (Å²) in [6.45, 7) is 4.79. The first-order valence-electron chi connectivity index (χ1n) is 4.34. The number of hydrogen-bond acceptors (Lipinski definition) is 2. The zero-order chi connectivity index (χ0) is 8.81. The Balaban J connectivity index is 2.12. The molecule has 70 valence electrons. The summed E-state index contributed by atoms with van der Waals surface area (Å²) < 4.78 is 0. The van der Waals surface area contributed by atoms with Crippen LogP contribution in [-0.2, 0) is 4.79 Å². The van der Waals surface area contributed by atoms with Crippen molar-refractivity contribution in [3.8, 4) is 0 Å². The van der Waals surface area contributed by atoms with Gasteiger partial charge in [-0.25, -0.2) is 0 Å². The first kappa shape index (κ1) is 9.81. The summed E-state index contributed by atoms with van der Waals surface area (Å²) in [5.74, 6) is 0.730. The van der Waals surface area contributed by atoms with Crippen molar-refractivity contribution in [2.24, 2.45) is 0 Å². The lowest BCUT2D eigenvalue weighted by atomic mass is 10.3. The second-order valence-corrected chi connectivity index (χ2v) is 3.40. The van der Waals surface area contributed by atoms with Crippen molar-refractivity contribution >= 4 is 18.0 Å². The molecule has 1 amide bonds. The van der Waals surface area contributed by atoms with Crippen LogP contribution >= 0.6 is 11.6 Å². The van der Waals surface area contributed by atoms with Gasteiger partial charge in [-0.05, 0) is 13.0 Å². The van der Waals surface area contributed by atoms with E-state index >= 15 is 0 Å². The Morgan fingerprint density at radius 3 is 2.42 bits per heavy atom. The lowest BCUT2D eigenvalue weighted by Gasteiger charge is -2.32. The summed E-state index contributed by atoms with van der Waals surface area (Å²) >= 11 is 5.58. The summed E-state index contributed by atoms with van der Waals surface area (Å²) in [7, 11) is 0. The Morgan fingerprint density at radius 1 is 1.25 bits per heavy atom. The van der Waals surface area contributed by atoms with Crippen LogP contribution in [0.15, 0.2) is 0 Å². The number of alkyl halides is 1. The molecule has 1 heterocycles. The van der Waals surface area contributed by atoms with Gasteiger partial charge >= 0.3 is 0 Å². The largest absolute Gasteiger partial charge is 0.343 e. The van der Waals surface area contributed by atoms with Crippen molar-refractivity contribution in [1.82, 2.24) is 9.80 Å². The second-order valence-electron chi connectivity index (χ2n) is 3.03. The Labute approximate surface area is 78.3 Å². The quantitative estimate of drug-likeness (QED) is 0.473. The van der Waals surface area contributed by atoms with Gasteiger partial charge in [-0.1, -0.05) is 0 Å². The standard InChI is InChI=1S/C8H15ClN2O/c9-2-1-3-10-4-6-11(8-12)7-5-10/h8H,1-7H2. The minimum Gasteiger partial charge on any atom is -0.343 e. The van der Waals surface area contributed by atoms with E-state index in [1.807, 2.05) is 4.90 Å². The molecule has 0 unspecified atom stereocenters. The van der Waals surface area contributed by atoms with Crippen molar-refractivity contribution in [3.05, 3.63) is 0 Å². The topological polar surface area (TPSA) is 23.6 Å². The van der Waals surface area contributed by atoms with Crippen LogP contribution in [0.25, 0.3) is 0 Å². The Morgan fingerprint density at radius 2 is 1.92 bits per heavy atom. The molecule has 1 fully saturated rings. The number of piperazine rings is 1. The fraction of sp³-hybridized carbons (Fsp3) is 0.875. The Bertz CT molecular complexity index is 135. The summed E-state index contributed by atoms with van der Waals surface area (Å²) in [5, 5.41) is 0. The zero-order valence-corrected chi connectivity index (χ0v) is 7.96. The molecule has 3 nitrogen and oxygen atoms in total. The average Bonchev–Trinajstić information content (AvgIpc) is 2.15. The van der Waals surface area contributed by atoms with Crippen LogP contribution in [0.2, 0.25) is 0 Å². The van der Waals surface area contributed by atoms with Crippen LogP contribution in [0.5, 0.6) is 0 Å². The molecular formula is C8H15ClN2O. The highest BCUT2D eigenvalue weighted by Gasteiger charge is 2.13. The van der Waals surface area contributed by atoms with Gasteiger partial charge in [0.2, 0.25) is 6.41 Å². The molecule has 0 aromatic rings. The number of rotatable bonds is 4. The molecule has 0 atom stereocenters. The van der Waals surface area contributed by atoms with E-state index in [1.54, 1.807) is 0 Å². The van der Waals surface area contributed by atoms with Gasteiger partial charge in [0.15, 0.2) is 0 Å². The third-order valence-electron chi connectivity index (χ3n) is 2.16. The molecule has 1 rings (SSSR count). The van der Waals surface area contributed by atoms with Crippen LogP contribution in [-0.4, -0.2) is 54.8 Å². The molecule has 12 heavy (non-hydrogen) atoms. The SMILES string of the molecule is O=CN1CCN(CCCCl)CC1. The monoisotopic (exact) mass is 190 g/mol. The van der Waals surface area contributed by atoms with Gasteiger partial charge in [0.1, 0.15) is 0 Å². The summed E-state index contributed by atoms with van der Waals surface area (Å²) in [6, 6.07) is 0. The van der Waals surface area contributed by atoms with Crippen molar-refractivity contribution in [2.75, 3.05) is 38.6 Å². The molecule has 4 heteroatoms. The predicted octanol–water partition coefficient (Wildman–Crippen LogP) is 0.389. The molecule has 1 saturated heterocycles. The highest BCUT2D eigenvalue weighted by molar-refractivity contribution is 6.17. The van der Waals surface area contributed by atoms with E-state index in [0.717, 1.165) is 51.4 Å². The van der Waals surface area contributed by atoms with E-state index in [2.05, 4.69) is 4.90 Å². The molecule has 0 aromatic carbocycles. The van der Waals surface area contributed by atoms with Crippen LogP contribution in [0.3, 0.4) is 0 Å². The van der Waals surface area contributed by atoms with Gasteiger partial charge in [-0.2, -0.15) is 0 Å². The first-order valence-corrected chi connectivity index (χ1v) is 4.88. The van der Waals surface area contributed by atoms with Gasteiger partial charge in [0.25, 0.3) is 0 Å². The molecule has 0 radical (unpaired) electrons. The summed E-state index contributed by atoms with van der Waals surface area (Å²) in [4.78, 5) is 14.5. The van der Waals surface area contributed by atoms with E-state index < -0.39 is 0 Å². The minimum absolute atomic E-state index is 0.730. The van der Waals surface area contributed by atoms with Gasteiger partial charge in [0, 0.05) is 32.1 Å². The van der Waals surface area contributed by atoms with Crippen molar-refractivity contribution in [3.63, 3.8) is 0 Å². The predicted molar refractivity (Wildman–Crippen MR) is 49.4 cm³/mol. The zero-order valence-electron chi connectivity index (χ0n) is 7.21. The Kier molecular flexibility index (Phi) is 4.40. The molecular weight excluding hydrogens is 176 g/mol. The maximum absolute atomic E-state index is 10.4. The van der Waals surface area contributed by atoms with Crippen molar-refractivity contribution in [2.45, 2.75) is 6.42 Å². The Hall–Kier alpha value is -0.280. The van der Waals surface area contributed by atoms with Crippen molar-refractivity contribution in [1.29, 1.82) is 0 Å². The van der Waals surface area contributed by atoms with E-state index in [0.29, 0.717) is 0 Å². The van der Waals surface area contributed by atoms with Crippen LogP contribution in [0.4, 0.5) is 0 Å². The third kappa shape index (κ3) is 2.99. The normalized spacial score (nSPS) is 19.6. The molecule has 0 aliphatic carbocycles. The number of amides is 1. The third-order valence-corrected chi connectivity index (χ3v) is 2.43. The fourth-order valence-electron chi connectivity index (χ4n) is 1.38. The maximum Gasteiger partial charge on any atom is 0.209 e. The van der Waals surface area contributed by atoms with E-state index in [1.165, 1.54) is 0 Å². The van der Waals surface area contributed by atoms with Crippen LogP contribution in [0.1, 0.15) is 6.42 Å². The summed E-state index contributed by atoms with van der Waals surface area (Å²) in [6.07, 6.45) is 1.97. The number of nitrogens with zero attached hydrogens (tertiary/aromatic N) is 2. The fourth-order valence-corrected chi connectivity index (χ4v) is 1.50. The van der Waals surface area contributed by atoms with E-state index in [9.17, 15) is 4.79 Å². The lowest BCUT2D eigenvalue weighted by Crippen LogP contribution is -2.45. The number of carbonyl (C=O) groups is 1. The van der Waals surface area contributed by atoms with Crippen LogP contribution < -0.4 is 0 Å². The van der Waals surface area contributed by atoms with Gasteiger partial charge in [-0.15, -0.1) is 11.6 Å².